The Morgan fingerprint density at radius 3 is 2.35 bits per heavy atom. The van der Waals surface area contributed by atoms with Crippen LogP contribution >= 0.6 is 0 Å². The highest BCUT2D eigenvalue weighted by molar-refractivity contribution is 6.09. The van der Waals surface area contributed by atoms with E-state index in [4.69, 9.17) is 4.74 Å². The van der Waals surface area contributed by atoms with Gasteiger partial charge in [0.2, 0.25) is 0 Å². The van der Waals surface area contributed by atoms with Gasteiger partial charge >= 0.3 is 5.97 Å². The standard InChI is InChI=1S/C24H22N2O5/c1-14-21(24(28)31-2)22(16-8-10-18(11-9-16)26(29)30)23-19(25-14)12-17(13-20(23)27)15-6-4-3-5-7-15/h3-11,17,21-22H,12-13H2,1-2H3/t17-,21?,22+/m1/s1. The van der Waals surface area contributed by atoms with Crippen LogP contribution in [0.25, 0.3) is 0 Å². The van der Waals surface area contributed by atoms with Crippen molar-refractivity contribution in [2.24, 2.45) is 10.9 Å². The number of nitro benzene ring substituents is 1. The Labute approximate surface area is 179 Å². The number of rotatable bonds is 4. The first kappa shape index (κ1) is 20.7. The van der Waals surface area contributed by atoms with Crippen molar-refractivity contribution in [3.8, 4) is 0 Å². The van der Waals surface area contributed by atoms with Gasteiger partial charge in [-0.2, -0.15) is 0 Å². The molecule has 1 unspecified atom stereocenters. The predicted molar refractivity (Wildman–Crippen MR) is 115 cm³/mol. The molecule has 3 atom stereocenters. The van der Waals surface area contributed by atoms with Crippen molar-refractivity contribution in [3.05, 3.63) is 87.1 Å². The summed E-state index contributed by atoms with van der Waals surface area (Å²) in [6.45, 7) is 1.76. The molecule has 2 aromatic carbocycles. The zero-order valence-electron chi connectivity index (χ0n) is 17.3. The monoisotopic (exact) mass is 418 g/mol. The van der Waals surface area contributed by atoms with Gasteiger partial charge < -0.3 is 4.74 Å². The Bertz CT molecular complexity index is 1100. The number of methoxy groups -OCH3 is 1. The number of hydrogen-bond donors (Lipinski definition) is 0. The Morgan fingerprint density at radius 2 is 1.74 bits per heavy atom. The number of nitro groups is 1. The largest absolute Gasteiger partial charge is 0.468 e. The molecule has 1 heterocycles. The van der Waals surface area contributed by atoms with E-state index in [1.807, 2.05) is 30.3 Å². The van der Waals surface area contributed by atoms with Crippen molar-refractivity contribution < 1.29 is 19.2 Å². The number of aliphatic imine (C=N–C) groups is 1. The first-order chi connectivity index (χ1) is 14.9. The van der Waals surface area contributed by atoms with E-state index in [2.05, 4.69) is 4.99 Å². The van der Waals surface area contributed by atoms with Crippen molar-refractivity contribution in [2.75, 3.05) is 7.11 Å². The Morgan fingerprint density at radius 1 is 1.06 bits per heavy atom. The molecule has 4 rings (SSSR count). The number of nitrogens with zero attached hydrogens (tertiary/aromatic N) is 2. The topological polar surface area (TPSA) is 98.9 Å². The smallest absolute Gasteiger partial charge is 0.315 e. The normalized spacial score (nSPS) is 23.1. The second-order valence-corrected chi connectivity index (χ2v) is 7.88. The van der Waals surface area contributed by atoms with Crippen LogP contribution in [0.1, 0.15) is 42.7 Å². The lowest BCUT2D eigenvalue weighted by Gasteiger charge is -2.36. The molecule has 0 fully saturated rings. The van der Waals surface area contributed by atoms with Gasteiger partial charge in [0.25, 0.3) is 5.69 Å². The van der Waals surface area contributed by atoms with E-state index in [0.29, 0.717) is 35.4 Å². The molecule has 0 radical (unpaired) electrons. The van der Waals surface area contributed by atoms with Gasteiger partial charge in [0.05, 0.1) is 12.0 Å². The van der Waals surface area contributed by atoms with Crippen LogP contribution in [0, 0.1) is 16.0 Å². The van der Waals surface area contributed by atoms with Gasteiger partial charge in [0.15, 0.2) is 5.78 Å². The molecule has 31 heavy (non-hydrogen) atoms. The van der Waals surface area contributed by atoms with Gasteiger partial charge in [-0.05, 0) is 30.4 Å². The lowest BCUT2D eigenvalue weighted by Crippen LogP contribution is -2.37. The summed E-state index contributed by atoms with van der Waals surface area (Å²) < 4.78 is 5.02. The highest BCUT2D eigenvalue weighted by Gasteiger charge is 2.44. The molecule has 0 N–H and O–H groups in total. The number of carbonyl (C=O) groups is 2. The van der Waals surface area contributed by atoms with Crippen LogP contribution in [-0.2, 0) is 14.3 Å². The third kappa shape index (κ3) is 3.79. The number of ketones is 1. The first-order valence-corrected chi connectivity index (χ1v) is 10.1. The molecule has 2 aromatic rings. The SMILES string of the molecule is COC(=O)C1C(C)=NC2=C(C(=O)C[C@H](c3ccccc3)C2)[C@H]1c1ccc([N+](=O)[O-])cc1. The number of hydrogen-bond acceptors (Lipinski definition) is 6. The zero-order valence-corrected chi connectivity index (χ0v) is 17.3. The van der Waals surface area contributed by atoms with E-state index in [-0.39, 0.29) is 17.4 Å². The summed E-state index contributed by atoms with van der Waals surface area (Å²) in [6.07, 6.45) is 0.925. The summed E-state index contributed by atoms with van der Waals surface area (Å²) in [4.78, 5) is 41.3. The summed E-state index contributed by atoms with van der Waals surface area (Å²) in [5.41, 5.74) is 3.47. The van der Waals surface area contributed by atoms with E-state index in [1.165, 1.54) is 19.2 Å². The fourth-order valence-electron chi connectivity index (χ4n) is 4.62. The van der Waals surface area contributed by atoms with Crippen LogP contribution < -0.4 is 0 Å². The Kier molecular flexibility index (Phi) is 5.50. The third-order valence-electron chi connectivity index (χ3n) is 6.08. The third-order valence-corrected chi connectivity index (χ3v) is 6.08. The minimum Gasteiger partial charge on any atom is -0.468 e. The highest BCUT2D eigenvalue weighted by Crippen LogP contribution is 2.46. The maximum absolute atomic E-state index is 13.3. The second-order valence-electron chi connectivity index (χ2n) is 7.88. The summed E-state index contributed by atoms with van der Waals surface area (Å²) in [6, 6.07) is 15.9. The minimum absolute atomic E-state index is 0.0242. The molecule has 0 bridgehead atoms. The number of esters is 1. The summed E-state index contributed by atoms with van der Waals surface area (Å²) >= 11 is 0. The predicted octanol–water partition coefficient (Wildman–Crippen LogP) is 4.34. The number of non-ortho nitro benzene ring substituents is 1. The number of Topliss-reactive ketones (excluding diaryl/α,β-unsaturated/α-hetero) is 1. The molecule has 7 nitrogen and oxygen atoms in total. The van der Waals surface area contributed by atoms with E-state index in [9.17, 15) is 19.7 Å². The number of carbonyl (C=O) groups excluding carboxylic acids is 2. The maximum atomic E-state index is 13.3. The molecule has 1 aliphatic heterocycles. The molecule has 0 amide bonds. The first-order valence-electron chi connectivity index (χ1n) is 10.1. The van der Waals surface area contributed by atoms with Crippen LogP contribution in [0.5, 0.6) is 0 Å². The molecule has 2 aliphatic rings. The van der Waals surface area contributed by atoms with E-state index in [0.717, 1.165) is 5.56 Å². The van der Waals surface area contributed by atoms with Crippen LogP contribution in [0.15, 0.2) is 70.9 Å². The van der Waals surface area contributed by atoms with Crippen LogP contribution in [0.3, 0.4) is 0 Å². The van der Waals surface area contributed by atoms with Crippen molar-refractivity contribution in [3.63, 3.8) is 0 Å². The fourth-order valence-corrected chi connectivity index (χ4v) is 4.62. The van der Waals surface area contributed by atoms with Crippen molar-refractivity contribution in [1.82, 2.24) is 0 Å². The Balaban J connectivity index is 1.80. The molecule has 0 saturated heterocycles. The van der Waals surface area contributed by atoms with Crippen LogP contribution in [-0.4, -0.2) is 29.5 Å². The van der Waals surface area contributed by atoms with Crippen LogP contribution in [0.4, 0.5) is 5.69 Å². The zero-order chi connectivity index (χ0) is 22.1. The lowest BCUT2D eigenvalue weighted by molar-refractivity contribution is -0.384. The minimum atomic E-state index is -0.748. The molecular formula is C24H22N2O5. The summed E-state index contributed by atoms with van der Waals surface area (Å²) in [7, 11) is 1.31. The molecule has 0 spiro atoms. The van der Waals surface area contributed by atoms with E-state index in [1.54, 1.807) is 19.1 Å². The van der Waals surface area contributed by atoms with Crippen molar-refractivity contribution in [1.29, 1.82) is 0 Å². The molecule has 0 saturated carbocycles. The molecule has 7 heteroatoms. The van der Waals surface area contributed by atoms with Crippen molar-refractivity contribution >= 4 is 23.2 Å². The molecule has 1 aliphatic carbocycles. The number of ether oxygens (including phenoxy) is 1. The van der Waals surface area contributed by atoms with Gasteiger partial charge in [-0.1, -0.05) is 42.5 Å². The quantitative estimate of drug-likeness (QED) is 0.418. The van der Waals surface area contributed by atoms with Gasteiger partial charge in [-0.25, -0.2) is 0 Å². The van der Waals surface area contributed by atoms with Crippen LogP contribution in [0.2, 0.25) is 0 Å². The Hall–Kier alpha value is -3.61. The average molecular weight is 418 g/mol. The lowest BCUT2D eigenvalue weighted by atomic mass is 9.69. The molecule has 0 aromatic heterocycles. The van der Waals surface area contributed by atoms with Gasteiger partial charge in [0, 0.05) is 41.5 Å². The van der Waals surface area contributed by atoms with Gasteiger partial charge in [0.1, 0.15) is 5.92 Å². The van der Waals surface area contributed by atoms with Crippen molar-refractivity contribution in [2.45, 2.75) is 31.6 Å². The number of benzene rings is 2. The highest BCUT2D eigenvalue weighted by atomic mass is 16.6. The average Bonchev–Trinajstić information content (AvgIpc) is 2.78. The molecular weight excluding hydrogens is 396 g/mol. The molecule has 158 valence electrons. The van der Waals surface area contributed by atoms with E-state index < -0.39 is 22.7 Å². The second kappa shape index (κ2) is 8.26. The van der Waals surface area contributed by atoms with Gasteiger partial charge in [-0.3, -0.25) is 24.7 Å². The summed E-state index contributed by atoms with van der Waals surface area (Å²) in [5.74, 6) is -1.83. The summed E-state index contributed by atoms with van der Waals surface area (Å²) in [5, 5.41) is 11.1. The number of allylic oxidation sites excluding steroid dienone is 2. The maximum Gasteiger partial charge on any atom is 0.315 e. The fraction of sp³-hybridized carbons (Fsp3) is 0.292. The van der Waals surface area contributed by atoms with Gasteiger partial charge in [-0.15, -0.1) is 0 Å². The van der Waals surface area contributed by atoms with E-state index >= 15 is 0 Å².